The third-order valence-corrected chi connectivity index (χ3v) is 4.46. The first-order chi connectivity index (χ1) is 8.42. The molecular weight excluding hydrogens is 212 g/mol. The number of hydrogen-bond donors (Lipinski definition) is 1. The molecule has 3 aliphatic rings. The smallest absolute Gasteiger partial charge is 0.0699 e. The monoisotopic (exact) mass is 238 g/mol. The molecule has 2 aliphatic heterocycles. The van der Waals surface area contributed by atoms with E-state index in [4.69, 9.17) is 4.74 Å². The minimum atomic E-state index is 0.490. The van der Waals surface area contributed by atoms with Crippen molar-refractivity contribution in [1.29, 1.82) is 0 Å². The van der Waals surface area contributed by atoms with Gasteiger partial charge in [0.1, 0.15) is 0 Å². The Morgan fingerprint density at radius 1 is 1.06 bits per heavy atom. The van der Waals surface area contributed by atoms with Crippen LogP contribution in [0.25, 0.3) is 0 Å². The van der Waals surface area contributed by atoms with Crippen molar-refractivity contribution in [2.75, 3.05) is 32.8 Å². The standard InChI is InChI=1S/C14H26N2O/c1-2-8-17-14(3-1)10-15-9-12-6-7-16(11-12)13-4-5-13/h12-15H,1-11H2. The zero-order chi connectivity index (χ0) is 11.5. The van der Waals surface area contributed by atoms with Gasteiger partial charge in [-0.3, -0.25) is 0 Å². The molecule has 1 aliphatic carbocycles. The first kappa shape index (κ1) is 11.9. The highest BCUT2D eigenvalue weighted by atomic mass is 16.5. The van der Waals surface area contributed by atoms with Crippen molar-refractivity contribution in [3.63, 3.8) is 0 Å². The average Bonchev–Trinajstić information content (AvgIpc) is 3.11. The summed E-state index contributed by atoms with van der Waals surface area (Å²) in [6, 6.07) is 0.960. The predicted molar refractivity (Wildman–Crippen MR) is 69.2 cm³/mol. The maximum absolute atomic E-state index is 5.74. The average molecular weight is 238 g/mol. The van der Waals surface area contributed by atoms with Crippen LogP contribution in [-0.4, -0.2) is 49.8 Å². The third kappa shape index (κ3) is 3.43. The van der Waals surface area contributed by atoms with Crippen LogP contribution in [0.4, 0.5) is 0 Å². The number of nitrogens with zero attached hydrogens (tertiary/aromatic N) is 1. The highest BCUT2D eigenvalue weighted by Gasteiger charge is 2.34. The van der Waals surface area contributed by atoms with Gasteiger partial charge in [0.2, 0.25) is 0 Å². The summed E-state index contributed by atoms with van der Waals surface area (Å²) in [5.74, 6) is 0.888. The van der Waals surface area contributed by atoms with E-state index in [1.165, 1.54) is 58.2 Å². The van der Waals surface area contributed by atoms with Gasteiger partial charge >= 0.3 is 0 Å². The Labute approximate surface area is 105 Å². The van der Waals surface area contributed by atoms with Crippen molar-refractivity contribution in [3.8, 4) is 0 Å². The Hall–Kier alpha value is -0.120. The van der Waals surface area contributed by atoms with E-state index in [0.717, 1.165) is 25.1 Å². The van der Waals surface area contributed by atoms with Crippen LogP contribution < -0.4 is 5.32 Å². The number of rotatable bonds is 5. The molecule has 0 aromatic rings. The molecule has 0 aromatic carbocycles. The van der Waals surface area contributed by atoms with Crippen molar-refractivity contribution in [3.05, 3.63) is 0 Å². The Morgan fingerprint density at radius 3 is 2.76 bits per heavy atom. The molecule has 2 unspecified atom stereocenters. The second-order valence-corrected chi connectivity index (χ2v) is 6.03. The molecule has 3 rings (SSSR count). The topological polar surface area (TPSA) is 24.5 Å². The van der Waals surface area contributed by atoms with Gasteiger partial charge in [-0.25, -0.2) is 0 Å². The van der Waals surface area contributed by atoms with Crippen LogP contribution in [0.3, 0.4) is 0 Å². The maximum Gasteiger partial charge on any atom is 0.0699 e. The van der Waals surface area contributed by atoms with E-state index in [0.29, 0.717) is 6.10 Å². The quantitative estimate of drug-likeness (QED) is 0.788. The lowest BCUT2D eigenvalue weighted by Gasteiger charge is -2.23. The fraction of sp³-hybridized carbons (Fsp3) is 1.00. The first-order valence-electron chi connectivity index (χ1n) is 7.48. The summed E-state index contributed by atoms with van der Waals surface area (Å²) in [5.41, 5.74) is 0. The van der Waals surface area contributed by atoms with Gasteiger partial charge in [-0.05, 0) is 57.5 Å². The molecule has 0 aromatic heterocycles. The van der Waals surface area contributed by atoms with Gasteiger partial charge in [-0.2, -0.15) is 0 Å². The van der Waals surface area contributed by atoms with Gasteiger partial charge in [0.15, 0.2) is 0 Å². The lowest BCUT2D eigenvalue weighted by atomic mass is 10.1. The van der Waals surface area contributed by atoms with E-state index in [-0.39, 0.29) is 0 Å². The second-order valence-electron chi connectivity index (χ2n) is 6.03. The molecule has 1 saturated carbocycles. The Morgan fingerprint density at radius 2 is 2.00 bits per heavy atom. The van der Waals surface area contributed by atoms with Crippen molar-refractivity contribution in [2.24, 2.45) is 5.92 Å². The molecule has 0 amide bonds. The number of hydrogen-bond acceptors (Lipinski definition) is 3. The SMILES string of the molecule is C1CCC(CNCC2CCN(C3CC3)C2)OC1. The lowest BCUT2D eigenvalue weighted by molar-refractivity contribution is 0.0165. The molecule has 17 heavy (non-hydrogen) atoms. The summed E-state index contributed by atoms with van der Waals surface area (Å²) in [6.45, 7) is 5.92. The van der Waals surface area contributed by atoms with Crippen LogP contribution in [0.1, 0.15) is 38.5 Å². The van der Waals surface area contributed by atoms with Gasteiger partial charge in [-0.15, -0.1) is 0 Å². The molecule has 2 atom stereocenters. The van der Waals surface area contributed by atoms with Crippen molar-refractivity contribution in [1.82, 2.24) is 10.2 Å². The minimum absolute atomic E-state index is 0.490. The van der Waals surface area contributed by atoms with Gasteiger partial charge in [0.05, 0.1) is 6.10 Å². The van der Waals surface area contributed by atoms with E-state index in [1.807, 2.05) is 0 Å². The third-order valence-electron chi connectivity index (χ3n) is 4.46. The Bertz CT molecular complexity index is 236. The second kappa shape index (κ2) is 5.68. The molecule has 3 nitrogen and oxygen atoms in total. The largest absolute Gasteiger partial charge is 0.377 e. The summed E-state index contributed by atoms with van der Waals surface area (Å²) in [5, 5.41) is 3.63. The normalized spacial score (nSPS) is 35.3. The summed E-state index contributed by atoms with van der Waals surface area (Å²) in [6.07, 6.45) is 8.66. The summed E-state index contributed by atoms with van der Waals surface area (Å²) < 4.78 is 5.74. The maximum atomic E-state index is 5.74. The van der Waals surface area contributed by atoms with Crippen LogP contribution in [-0.2, 0) is 4.74 Å². The van der Waals surface area contributed by atoms with E-state index in [9.17, 15) is 0 Å². The van der Waals surface area contributed by atoms with Crippen LogP contribution in [0.2, 0.25) is 0 Å². The van der Waals surface area contributed by atoms with E-state index in [1.54, 1.807) is 0 Å². The van der Waals surface area contributed by atoms with Crippen molar-refractivity contribution in [2.45, 2.75) is 50.7 Å². The van der Waals surface area contributed by atoms with Gasteiger partial charge in [-0.1, -0.05) is 0 Å². The van der Waals surface area contributed by atoms with Gasteiger partial charge in [0.25, 0.3) is 0 Å². The minimum Gasteiger partial charge on any atom is -0.377 e. The highest BCUT2D eigenvalue weighted by molar-refractivity contribution is 4.90. The summed E-state index contributed by atoms with van der Waals surface area (Å²) in [7, 11) is 0. The highest BCUT2D eigenvalue weighted by Crippen LogP contribution is 2.31. The van der Waals surface area contributed by atoms with Gasteiger partial charge < -0.3 is 15.0 Å². The van der Waals surface area contributed by atoms with Crippen LogP contribution in [0, 0.1) is 5.92 Å². The van der Waals surface area contributed by atoms with Crippen molar-refractivity contribution >= 4 is 0 Å². The summed E-state index contributed by atoms with van der Waals surface area (Å²) >= 11 is 0. The molecule has 2 saturated heterocycles. The van der Waals surface area contributed by atoms with E-state index in [2.05, 4.69) is 10.2 Å². The number of nitrogens with one attached hydrogen (secondary N) is 1. The summed E-state index contributed by atoms with van der Waals surface area (Å²) in [4.78, 5) is 2.70. The lowest BCUT2D eigenvalue weighted by Crippen LogP contribution is -2.35. The van der Waals surface area contributed by atoms with Crippen LogP contribution in [0.15, 0.2) is 0 Å². The molecule has 0 spiro atoms. The molecular formula is C14H26N2O. The fourth-order valence-electron chi connectivity index (χ4n) is 3.22. The molecule has 3 fully saturated rings. The molecule has 98 valence electrons. The Balaban J connectivity index is 1.29. The van der Waals surface area contributed by atoms with Crippen molar-refractivity contribution < 1.29 is 4.74 Å². The molecule has 2 heterocycles. The van der Waals surface area contributed by atoms with E-state index < -0.39 is 0 Å². The molecule has 0 radical (unpaired) electrons. The predicted octanol–water partition coefficient (Wildman–Crippen LogP) is 1.63. The number of likely N-dealkylation sites (tertiary alicyclic amines) is 1. The number of ether oxygens (including phenoxy) is 1. The fourth-order valence-corrected chi connectivity index (χ4v) is 3.22. The Kier molecular flexibility index (Phi) is 3.99. The first-order valence-corrected chi connectivity index (χ1v) is 7.48. The van der Waals surface area contributed by atoms with Gasteiger partial charge in [0, 0.05) is 25.7 Å². The van der Waals surface area contributed by atoms with E-state index >= 15 is 0 Å². The van der Waals surface area contributed by atoms with Crippen LogP contribution >= 0.6 is 0 Å². The molecule has 3 heteroatoms. The molecule has 0 bridgehead atoms. The zero-order valence-corrected chi connectivity index (χ0v) is 10.9. The van der Waals surface area contributed by atoms with Crippen LogP contribution in [0.5, 0.6) is 0 Å². The molecule has 1 N–H and O–H groups in total. The zero-order valence-electron chi connectivity index (χ0n) is 10.9.